The zero-order chi connectivity index (χ0) is 15.6. The van der Waals surface area contributed by atoms with E-state index in [9.17, 15) is 4.79 Å². The van der Waals surface area contributed by atoms with Gasteiger partial charge in [-0.05, 0) is 36.3 Å². The molecular weight excluding hydrogens is 282 g/mol. The van der Waals surface area contributed by atoms with Gasteiger partial charge in [-0.3, -0.25) is 9.69 Å². The van der Waals surface area contributed by atoms with Crippen LogP contribution in [0.4, 0.5) is 0 Å². The molecule has 2 aromatic rings. The third-order valence-corrected chi connectivity index (χ3v) is 5.50. The number of carbonyl (C=O) groups excluding carboxylic acids is 1. The normalized spacial score (nSPS) is 27.3. The highest BCUT2D eigenvalue weighted by Gasteiger charge is 2.46. The standard InChI is InChI=1S/C21H23NO/c23-21-12-11-19-18(13-16-7-3-1-4-8-16)14-20(21)22(19)15-17-9-5-2-6-10-17/h1-10,18-20H,11-15H2/t18-,19+,20+/m0/s1. The molecule has 0 amide bonds. The molecule has 0 spiro atoms. The molecule has 3 atom stereocenters. The molecule has 0 aromatic heterocycles. The molecule has 2 heteroatoms. The topological polar surface area (TPSA) is 20.3 Å². The predicted octanol–water partition coefficient (Wildman–Crippen LogP) is 3.85. The summed E-state index contributed by atoms with van der Waals surface area (Å²) in [6.07, 6.45) is 3.93. The lowest BCUT2D eigenvalue weighted by Gasteiger charge is -2.35. The molecule has 0 aliphatic carbocycles. The van der Waals surface area contributed by atoms with E-state index in [1.54, 1.807) is 0 Å². The SMILES string of the molecule is O=C1CC[C@@H]2[C@@H](Cc3ccccc3)C[C@H]1N2Cc1ccccc1. The van der Waals surface area contributed by atoms with Gasteiger partial charge in [0.15, 0.2) is 0 Å². The van der Waals surface area contributed by atoms with Crippen LogP contribution in [0.25, 0.3) is 0 Å². The summed E-state index contributed by atoms with van der Waals surface area (Å²) in [4.78, 5) is 14.9. The number of hydrogen-bond donors (Lipinski definition) is 0. The Bertz CT molecular complexity index is 667. The summed E-state index contributed by atoms with van der Waals surface area (Å²) < 4.78 is 0. The second-order valence-electron chi connectivity index (χ2n) is 6.93. The fourth-order valence-electron chi connectivity index (χ4n) is 4.41. The Morgan fingerprint density at radius 3 is 2.26 bits per heavy atom. The zero-order valence-electron chi connectivity index (χ0n) is 13.4. The van der Waals surface area contributed by atoms with Crippen LogP contribution in [-0.2, 0) is 17.8 Å². The summed E-state index contributed by atoms with van der Waals surface area (Å²) in [7, 11) is 0. The van der Waals surface area contributed by atoms with Crippen LogP contribution in [0.2, 0.25) is 0 Å². The number of piperidine rings is 1. The van der Waals surface area contributed by atoms with E-state index < -0.39 is 0 Å². The van der Waals surface area contributed by atoms with Crippen molar-refractivity contribution in [3.05, 3.63) is 71.8 Å². The number of nitrogens with zero attached hydrogens (tertiary/aromatic N) is 1. The molecule has 23 heavy (non-hydrogen) atoms. The Morgan fingerprint density at radius 2 is 1.57 bits per heavy atom. The average molecular weight is 305 g/mol. The van der Waals surface area contributed by atoms with Gasteiger partial charge in [0, 0.05) is 19.0 Å². The van der Waals surface area contributed by atoms with Gasteiger partial charge in [-0.2, -0.15) is 0 Å². The minimum atomic E-state index is 0.141. The van der Waals surface area contributed by atoms with Gasteiger partial charge in [-0.25, -0.2) is 0 Å². The third-order valence-electron chi connectivity index (χ3n) is 5.50. The first-order chi connectivity index (χ1) is 11.3. The van der Waals surface area contributed by atoms with Crippen LogP contribution < -0.4 is 0 Å². The maximum atomic E-state index is 12.4. The molecule has 0 radical (unpaired) electrons. The molecular formula is C21H23NO. The molecule has 0 saturated carbocycles. The number of hydrogen-bond acceptors (Lipinski definition) is 2. The van der Waals surface area contributed by atoms with Gasteiger partial charge in [-0.1, -0.05) is 60.7 Å². The van der Waals surface area contributed by atoms with Crippen molar-refractivity contribution in [3.8, 4) is 0 Å². The van der Waals surface area contributed by atoms with E-state index in [-0.39, 0.29) is 6.04 Å². The van der Waals surface area contributed by atoms with E-state index >= 15 is 0 Å². The first kappa shape index (κ1) is 14.6. The number of rotatable bonds is 4. The van der Waals surface area contributed by atoms with Crippen molar-refractivity contribution in [2.75, 3.05) is 0 Å². The molecule has 2 saturated heterocycles. The number of fused-ring (bicyclic) bond motifs is 2. The molecule has 2 nitrogen and oxygen atoms in total. The van der Waals surface area contributed by atoms with E-state index in [0.29, 0.717) is 17.7 Å². The molecule has 2 aliphatic heterocycles. The molecule has 2 aromatic carbocycles. The van der Waals surface area contributed by atoms with Crippen LogP contribution in [0.3, 0.4) is 0 Å². The van der Waals surface area contributed by atoms with Gasteiger partial charge in [0.25, 0.3) is 0 Å². The van der Waals surface area contributed by atoms with Crippen LogP contribution in [-0.4, -0.2) is 22.8 Å². The van der Waals surface area contributed by atoms with Gasteiger partial charge in [-0.15, -0.1) is 0 Å². The van der Waals surface area contributed by atoms with Crippen molar-refractivity contribution in [1.82, 2.24) is 4.90 Å². The minimum absolute atomic E-state index is 0.141. The Hall–Kier alpha value is -1.93. The maximum Gasteiger partial charge on any atom is 0.150 e. The van der Waals surface area contributed by atoms with Gasteiger partial charge < -0.3 is 0 Å². The van der Waals surface area contributed by atoms with E-state index in [2.05, 4.69) is 65.6 Å². The summed E-state index contributed by atoms with van der Waals surface area (Å²) in [5.41, 5.74) is 2.72. The van der Waals surface area contributed by atoms with Crippen molar-refractivity contribution in [2.45, 2.75) is 44.3 Å². The molecule has 0 N–H and O–H groups in total. The summed E-state index contributed by atoms with van der Waals surface area (Å²) in [6, 6.07) is 22.0. The quantitative estimate of drug-likeness (QED) is 0.855. The fourth-order valence-corrected chi connectivity index (χ4v) is 4.41. The van der Waals surface area contributed by atoms with Gasteiger partial charge in [0.1, 0.15) is 5.78 Å². The highest BCUT2D eigenvalue weighted by molar-refractivity contribution is 5.85. The summed E-state index contributed by atoms with van der Waals surface area (Å²) in [6.45, 7) is 0.910. The van der Waals surface area contributed by atoms with Gasteiger partial charge in [0.05, 0.1) is 6.04 Å². The number of benzene rings is 2. The second-order valence-corrected chi connectivity index (χ2v) is 6.93. The van der Waals surface area contributed by atoms with Crippen LogP contribution in [0, 0.1) is 5.92 Å². The van der Waals surface area contributed by atoms with Gasteiger partial charge >= 0.3 is 0 Å². The van der Waals surface area contributed by atoms with E-state index in [0.717, 1.165) is 32.2 Å². The monoisotopic (exact) mass is 305 g/mol. The average Bonchev–Trinajstić information content (AvgIpc) is 2.82. The van der Waals surface area contributed by atoms with Crippen molar-refractivity contribution in [1.29, 1.82) is 0 Å². The van der Waals surface area contributed by atoms with E-state index in [1.807, 2.05) is 0 Å². The first-order valence-corrected chi connectivity index (χ1v) is 8.67. The highest BCUT2D eigenvalue weighted by atomic mass is 16.1. The van der Waals surface area contributed by atoms with Crippen molar-refractivity contribution >= 4 is 5.78 Å². The third kappa shape index (κ3) is 2.96. The smallest absolute Gasteiger partial charge is 0.150 e. The second kappa shape index (κ2) is 6.29. The predicted molar refractivity (Wildman–Crippen MR) is 92.1 cm³/mol. The van der Waals surface area contributed by atoms with Crippen molar-refractivity contribution in [3.63, 3.8) is 0 Å². The van der Waals surface area contributed by atoms with Crippen LogP contribution >= 0.6 is 0 Å². The molecule has 118 valence electrons. The zero-order valence-corrected chi connectivity index (χ0v) is 13.4. The lowest BCUT2D eigenvalue weighted by atomic mass is 9.91. The Kier molecular flexibility index (Phi) is 4.00. The summed E-state index contributed by atoms with van der Waals surface area (Å²) in [5.74, 6) is 1.06. The van der Waals surface area contributed by atoms with E-state index in [1.165, 1.54) is 11.1 Å². The fraction of sp³-hybridized carbons (Fsp3) is 0.381. The lowest BCUT2D eigenvalue weighted by Crippen LogP contribution is -2.45. The molecule has 0 unspecified atom stereocenters. The van der Waals surface area contributed by atoms with Crippen LogP contribution in [0.15, 0.2) is 60.7 Å². The summed E-state index contributed by atoms with van der Waals surface area (Å²) in [5, 5.41) is 0. The Labute approximate surface area is 138 Å². The number of carbonyl (C=O) groups is 1. The molecule has 4 rings (SSSR count). The molecule has 2 heterocycles. The largest absolute Gasteiger partial charge is 0.298 e. The van der Waals surface area contributed by atoms with Crippen LogP contribution in [0.1, 0.15) is 30.4 Å². The molecule has 2 fully saturated rings. The van der Waals surface area contributed by atoms with Crippen LogP contribution in [0.5, 0.6) is 0 Å². The first-order valence-electron chi connectivity index (χ1n) is 8.67. The Balaban J connectivity index is 1.54. The molecule has 2 bridgehead atoms. The van der Waals surface area contributed by atoms with Gasteiger partial charge in [0.2, 0.25) is 0 Å². The minimum Gasteiger partial charge on any atom is -0.298 e. The number of ketones is 1. The lowest BCUT2D eigenvalue weighted by molar-refractivity contribution is -0.126. The van der Waals surface area contributed by atoms with E-state index in [4.69, 9.17) is 0 Å². The maximum absolute atomic E-state index is 12.4. The number of Topliss-reactive ketones (excluding diaryl/α,β-unsaturated/α-hetero) is 1. The van der Waals surface area contributed by atoms with Crippen molar-refractivity contribution < 1.29 is 4.79 Å². The van der Waals surface area contributed by atoms with Crippen molar-refractivity contribution in [2.24, 2.45) is 5.92 Å². The highest BCUT2D eigenvalue weighted by Crippen LogP contribution is 2.40. The summed E-state index contributed by atoms with van der Waals surface area (Å²) >= 11 is 0. The Morgan fingerprint density at radius 1 is 0.913 bits per heavy atom. The molecule has 2 aliphatic rings.